The van der Waals surface area contributed by atoms with Gasteiger partial charge >= 0.3 is 0 Å². The maximum absolute atomic E-state index is 12.5. The number of furan rings is 1. The Hall–Kier alpha value is -2.00. The molecular weight excluding hydrogens is 322 g/mol. The third-order valence-electron chi connectivity index (χ3n) is 2.90. The first-order chi connectivity index (χ1) is 9.61. The first-order valence-corrected chi connectivity index (χ1v) is 6.91. The molecule has 2 rings (SSSR count). The summed E-state index contributed by atoms with van der Waals surface area (Å²) in [6, 6.07) is 7.42. The molecule has 2 aromatic rings. The molecular formula is C14H14BrN3O2. The van der Waals surface area contributed by atoms with Gasteiger partial charge in [-0.15, -0.1) is 0 Å². The number of carbonyl (C=O) groups excluding carboxylic acids is 1. The number of carbonyl (C=O) groups is 1. The molecule has 0 aliphatic carbocycles. The highest BCUT2D eigenvalue weighted by Gasteiger charge is 2.20. The van der Waals surface area contributed by atoms with Crippen LogP contribution in [0.3, 0.4) is 0 Å². The van der Waals surface area contributed by atoms with Crippen molar-refractivity contribution in [1.29, 1.82) is 5.26 Å². The van der Waals surface area contributed by atoms with Crippen LogP contribution in [0.4, 0.5) is 0 Å². The van der Waals surface area contributed by atoms with Crippen LogP contribution in [0.5, 0.6) is 0 Å². The number of hydrogen-bond acceptors (Lipinski definition) is 3. The number of nitrogens with zero attached hydrogens (tertiary/aromatic N) is 3. The summed E-state index contributed by atoms with van der Waals surface area (Å²) in [6.07, 6.45) is 3.68. The van der Waals surface area contributed by atoms with Crippen LogP contribution in [-0.4, -0.2) is 21.9 Å². The molecule has 0 N–H and O–H groups in total. The standard InChI is InChI=1S/C14H14BrN3O2/c1-17-9-11(15)8-13(17)14(19)18(6-3-5-16)10-12-4-2-7-20-12/h2,4,7-9H,3,6,10H2,1H3. The van der Waals surface area contributed by atoms with Crippen LogP contribution in [0.1, 0.15) is 22.7 Å². The summed E-state index contributed by atoms with van der Waals surface area (Å²) in [7, 11) is 1.81. The molecule has 5 nitrogen and oxygen atoms in total. The predicted octanol–water partition coefficient (Wildman–Crippen LogP) is 2.94. The number of amides is 1. The monoisotopic (exact) mass is 335 g/mol. The second-order valence-electron chi connectivity index (χ2n) is 4.37. The molecule has 2 aromatic heterocycles. The summed E-state index contributed by atoms with van der Waals surface area (Å²) in [5.74, 6) is 0.578. The molecule has 2 heterocycles. The number of aryl methyl sites for hydroxylation is 1. The maximum Gasteiger partial charge on any atom is 0.270 e. The smallest absolute Gasteiger partial charge is 0.270 e. The van der Waals surface area contributed by atoms with E-state index in [4.69, 9.17) is 9.68 Å². The highest BCUT2D eigenvalue weighted by Crippen LogP contribution is 2.17. The second kappa shape index (κ2) is 6.44. The summed E-state index contributed by atoms with van der Waals surface area (Å²) >= 11 is 3.35. The minimum atomic E-state index is -0.121. The largest absolute Gasteiger partial charge is 0.467 e. The Labute approximate surface area is 125 Å². The number of halogens is 1. The Morgan fingerprint density at radius 1 is 1.60 bits per heavy atom. The molecule has 104 valence electrons. The molecule has 0 fully saturated rings. The van der Waals surface area contributed by atoms with E-state index < -0.39 is 0 Å². The molecule has 0 aromatic carbocycles. The topological polar surface area (TPSA) is 62.2 Å². The third kappa shape index (κ3) is 3.31. The van der Waals surface area contributed by atoms with Gasteiger partial charge in [-0.25, -0.2) is 0 Å². The fraction of sp³-hybridized carbons (Fsp3) is 0.286. The van der Waals surface area contributed by atoms with E-state index >= 15 is 0 Å². The lowest BCUT2D eigenvalue weighted by Gasteiger charge is -2.20. The van der Waals surface area contributed by atoms with Crippen molar-refractivity contribution in [3.8, 4) is 6.07 Å². The Morgan fingerprint density at radius 2 is 2.40 bits per heavy atom. The van der Waals surface area contributed by atoms with Crippen molar-refractivity contribution in [1.82, 2.24) is 9.47 Å². The highest BCUT2D eigenvalue weighted by molar-refractivity contribution is 9.10. The van der Waals surface area contributed by atoms with Crippen molar-refractivity contribution >= 4 is 21.8 Å². The first kappa shape index (κ1) is 14.4. The number of hydrogen-bond donors (Lipinski definition) is 0. The van der Waals surface area contributed by atoms with E-state index in [9.17, 15) is 4.79 Å². The summed E-state index contributed by atoms with van der Waals surface area (Å²) in [5, 5.41) is 8.73. The molecule has 0 saturated carbocycles. The Balaban J connectivity index is 2.19. The Bertz CT molecular complexity index is 625. The van der Waals surface area contributed by atoms with E-state index in [0.717, 1.165) is 4.47 Å². The molecule has 0 aliphatic heterocycles. The SMILES string of the molecule is Cn1cc(Br)cc1C(=O)N(CCC#N)Cc1ccco1. The summed E-state index contributed by atoms with van der Waals surface area (Å²) in [6.45, 7) is 0.731. The lowest BCUT2D eigenvalue weighted by atomic mass is 10.3. The zero-order valence-corrected chi connectivity index (χ0v) is 12.6. The van der Waals surface area contributed by atoms with Crippen LogP contribution >= 0.6 is 15.9 Å². The van der Waals surface area contributed by atoms with Crippen molar-refractivity contribution in [3.05, 3.63) is 46.6 Å². The van der Waals surface area contributed by atoms with Gasteiger partial charge in [0.2, 0.25) is 0 Å². The zero-order chi connectivity index (χ0) is 14.5. The fourth-order valence-corrected chi connectivity index (χ4v) is 2.45. The zero-order valence-electron chi connectivity index (χ0n) is 11.0. The molecule has 0 spiro atoms. The van der Waals surface area contributed by atoms with Crippen molar-refractivity contribution in [2.24, 2.45) is 7.05 Å². The fourth-order valence-electron chi connectivity index (χ4n) is 1.93. The van der Waals surface area contributed by atoms with Crippen molar-refractivity contribution in [2.75, 3.05) is 6.54 Å². The van der Waals surface area contributed by atoms with Crippen LogP contribution < -0.4 is 0 Å². The van der Waals surface area contributed by atoms with Gasteiger partial charge in [0.05, 0.1) is 25.3 Å². The van der Waals surface area contributed by atoms with E-state index in [1.165, 1.54) is 0 Å². The third-order valence-corrected chi connectivity index (χ3v) is 3.33. The van der Waals surface area contributed by atoms with Gasteiger partial charge < -0.3 is 13.9 Å². The molecule has 0 atom stereocenters. The van der Waals surface area contributed by atoms with Gasteiger partial charge in [-0.2, -0.15) is 5.26 Å². The normalized spacial score (nSPS) is 10.2. The second-order valence-corrected chi connectivity index (χ2v) is 5.28. The average Bonchev–Trinajstić information content (AvgIpc) is 3.03. The molecule has 1 amide bonds. The van der Waals surface area contributed by atoms with Crippen LogP contribution in [0, 0.1) is 11.3 Å². The minimum Gasteiger partial charge on any atom is -0.467 e. The molecule has 20 heavy (non-hydrogen) atoms. The van der Waals surface area contributed by atoms with Gasteiger partial charge in [0.15, 0.2) is 0 Å². The molecule has 0 saturated heterocycles. The van der Waals surface area contributed by atoms with Gasteiger partial charge in [0, 0.05) is 24.3 Å². The van der Waals surface area contributed by atoms with Gasteiger partial charge in [-0.1, -0.05) is 0 Å². The van der Waals surface area contributed by atoms with Crippen LogP contribution in [0.2, 0.25) is 0 Å². The van der Waals surface area contributed by atoms with Crippen molar-refractivity contribution in [3.63, 3.8) is 0 Å². The molecule has 0 unspecified atom stereocenters. The van der Waals surface area contributed by atoms with Crippen molar-refractivity contribution < 1.29 is 9.21 Å². The quantitative estimate of drug-likeness (QED) is 0.843. The predicted molar refractivity (Wildman–Crippen MR) is 76.8 cm³/mol. The molecule has 0 aliphatic rings. The number of rotatable bonds is 5. The van der Waals surface area contributed by atoms with E-state index in [1.54, 1.807) is 27.9 Å². The molecule has 0 radical (unpaired) electrons. The number of nitriles is 1. The number of aromatic nitrogens is 1. The van der Waals surface area contributed by atoms with E-state index in [2.05, 4.69) is 22.0 Å². The van der Waals surface area contributed by atoms with E-state index in [-0.39, 0.29) is 12.3 Å². The van der Waals surface area contributed by atoms with Gasteiger partial charge in [0.1, 0.15) is 11.5 Å². The summed E-state index contributed by atoms with van der Waals surface area (Å²) in [5.41, 5.74) is 0.571. The van der Waals surface area contributed by atoms with Crippen LogP contribution in [0.25, 0.3) is 0 Å². The molecule has 6 heteroatoms. The average molecular weight is 336 g/mol. The van der Waals surface area contributed by atoms with Gasteiger partial charge in [-0.3, -0.25) is 4.79 Å². The summed E-state index contributed by atoms with van der Waals surface area (Å²) < 4.78 is 7.88. The van der Waals surface area contributed by atoms with Crippen LogP contribution in [0.15, 0.2) is 39.5 Å². The molecule has 0 bridgehead atoms. The first-order valence-electron chi connectivity index (χ1n) is 6.12. The Kier molecular flexibility index (Phi) is 4.64. The lowest BCUT2D eigenvalue weighted by Crippen LogP contribution is -2.32. The highest BCUT2D eigenvalue weighted by atomic mass is 79.9. The lowest BCUT2D eigenvalue weighted by molar-refractivity contribution is 0.0725. The van der Waals surface area contributed by atoms with Crippen molar-refractivity contribution in [2.45, 2.75) is 13.0 Å². The van der Waals surface area contributed by atoms with Gasteiger partial charge in [-0.05, 0) is 34.1 Å². The van der Waals surface area contributed by atoms with E-state index in [1.807, 2.05) is 19.3 Å². The Morgan fingerprint density at radius 3 is 2.95 bits per heavy atom. The van der Waals surface area contributed by atoms with Crippen LogP contribution in [-0.2, 0) is 13.6 Å². The summed E-state index contributed by atoms with van der Waals surface area (Å²) in [4.78, 5) is 14.2. The maximum atomic E-state index is 12.5. The minimum absolute atomic E-state index is 0.121. The van der Waals surface area contributed by atoms with E-state index in [0.29, 0.717) is 24.5 Å². The van der Waals surface area contributed by atoms with Gasteiger partial charge in [0.25, 0.3) is 5.91 Å².